The van der Waals surface area contributed by atoms with Gasteiger partial charge in [0.25, 0.3) is 0 Å². The summed E-state index contributed by atoms with van der Waals surface area (Å²) in [4.78, 5) is 30.9. The smallest absolute Gasteiger partial charge is 0.404 e. The molecule has 0 spiro atoms. The highest BCUT2D eigenvalue weighted by Crippen LogP contribution is 2.33. The molecule has 3 N–H and O–H groups in total. The van der Waals surface area contributed by atoms with Gasteiger partial charge in [-0.15, -0.1) is 0 Å². The zero-order chi connectivity index (χ0) is 19.3. The van der Waals surface area contributed by atoms with Crippen LogP contribution in [0.15, 0.2) is 30.6 Å². The third-order valence-electron chi connectivity index (χ3n) is 4.07. The van der Waals surface area contributed by atoms with E-state index in [9.17, 15) is 9.59 Å². The number of hydrogen-bond acceptors (Lipinski definition) is 4. The van der Waals surface area contributed by atoms with Gasteiger partial charge in [-0.2, -0.15) is 0 Å². The van der Waals surface area contributed by atoms with Crippen molar-refractivity contribution in [3.63, 3.8) is 0 Å². The highest BCUT2D eigenvalue weighted by molar-refractivity contribution is 5.93. The number of hydrogen-bond donors (Lipinski definition) is 2. The summed E-state index contributed by atoms with van der Waals surface area (Å²) in [7, 11) is 0. The summed E-state index contributed by atoms with van der Waals surface area (Å²) in [6.07, 6.45) is 4.77. The van der Waals surface area contributed by atoms with E-state index in [0.29, 0.717) is 0 Å². The van der Waals surface area contributed by atoms with E-state index in [4.69, 9.17) is 0 Å². The van der Waals surface area contributed by atoms with Gasteiger partial charge in [0, 0.05) is 36.6 Å². The quantitative estimate of drug-likeness (QED) is 0.860. The lowest BCUT2D eigenvalue weighted by Crippen LogP contribution is -2.40. The van der Waals surface area contributed by atoms with E-state index in [-0.39, 0.29) is 18.1 Å². The van der Waals surface area contributed by atoms with Gasteiger partial charge in [-0.25, -0.2) is 9.78 Å². The number of benzene rings is 1. The number of aromatic nitrogens is 2. The van der Waals surface area contributed by atoms with Crippen LogP contribution in [0.3, 0.4) is 0 Å². The van der Waals surface area contributed by atoms with E-state index in [1.165, 1.54) is 5.56 Å². The Kier molecular flexibility index (Phi) is 6.38. The number of carbonyl (C=O) groups is 2. The normalized spacial score (nSPS) is 15.7. The lowest BCUT2D eigenvalue weighted by molar-refractivity contribution is -0.117. The van der Waals surface area contributed by atoms with Gasteiger partial charge in [0.05, 0.1) is 6.10 Å². The molecule has 0 aliphatic carbocycles. The Hall–Kier alpha value is -2.83. The molecule has 1 aromatic carbocycles. The van der Waals surface area contributed by atoms with Crippen LogP contribution < -0.4 is 10.6 Å². The summed E-state index contributed by atoms with van der Waals surface area (Å²) in [5.41, 5.74) is 7.97. The SMILES string of the molecule is CC(=O)N1c2ccc(-c3ncc[nH]3)cc2CC[C@@H]1C.CC(C)OC(N)=O. The molecule has 7 heteroatoms. The largest absolute Gasteiger partial charge is 0.447 e. The zero-order valence-electron chi connectivity index (χ0n) is 15.7. The monoisotopic (exact) mass is 358 g/mol. The third kappa shape index (κ3) is 4.84. The summed E-state index contributed by atoms with van der Waals surface area (Å²) in [5, 5.41) is 0. The number of anilines is 1. The molecule has 2 heterocycles. The van der Waals surface area contributed by atoms with Crippen molar-refractivity contribution in [1.29, 1.82) is 0 Å². The molecule has 1 aromatic heterocycles. The minimum atomic E-state index is -0.713. The van der Waals surface area contributed by atoms with Crippen LogP contribution in [-0.2, 0) is 16.0 Å². The van der Waals surface area contributed by atoms with Gasteiger partial charge in [-0.05, 0) is 57.4 Å². The first kappa shape index (κ1) is 19.5. The Bertz CT molecular complexity index is 756. The number of nitrogens with zero attached hydrogens (tertiary/aromatic N) is 2. The number of amides is 2. The number of imidazole rings is 1. The van der Waals surface area contributed by atoms with E-state index in [0.717, 1.165) is 29.9 Å². The molecule has 1 atom stereocenters. The second-order valence-corrected chi connectivity index (χ2v) is 6.54. The lowest BCUT2D eigenvalue weighted by atomic mass is 9.95. The highest BCUT2D eigenvalue weighted by Gasteiger charge is 2.26. The maximum Gasteiger partial charge on any atom is 0.404 e. The standard InChI is InChI=1S/C15H17N3O.C4H9NO2/c1-10-3-4-12-9-13(15-16-7-8-17-15)5-6-14(12)18(10)11(2)19;1-3(2)7-4(5)6/h5-10H,3-4H2,1-2H3,(H,16,17);3H,1-2H3,(H2,5,6)/t10-;/m0./s1. The molecule has 1 aliphatic rings. The molecule has 1 aliphatic heterocycles. The first-order chi connectivity index (χ1) is 12.3. The van der Waals surface area contributed by atoms with Gasteiger partial charge in [0.15, 0.2) is 0 Å². The molecule has 0 unspecified atom stereocenters. The molecule has 26 heavy (non-hydrogen) atoms. The number of primary amides is 1. The van der Waals surface area contributed by atoms with E-state index in [1.54, 1.807) is 27.0 Å². The topological polar surface area (TPSA) is 101 Å². The molecule has 0 fully saturated rings. The van der Waals surface area contributed by atoms with Crippen LogP contribution in [0.5, 0.6) is 0 Å². The van der Waals surface area contributed by atoms with Crippen molar-refractivity contribution in [2.75, 3.05) is 4.90 Å². The highest BCUT2D eigenvalue weighted by atomic mass is 16.6. The molecule has 0 saturated carbocycles. The van der Waals surface area contributed by atoms with Crippen LogP contribution >= 0.6 is 0 Å². The Morgan fingerprint density at radius 3 is 2.62 bits per heavy atom. The predicted octanol–water partition coefficient (Wildman–Crippen LogP) is 3.25. The van der Waals surface area contributed by atoms with Gasteiger partial charge in [-0.3, -0.25) is 4.79 Å². The van der Waals surface area contributed by atoms with E-state index in [1.807, 2.05) is 23.2 Å². The van der Waals surface area contributed by atoms with Crippen molar-refractivity contribution in [1.82, 2.24) is 9.97 Å². The van der Waals surface area contributed by atoms with Gasteiger partial charge in [0.2, 0.25) is 5.91 Å². The maximum absolute atomic E-state index is 11.8. The first-order valence-electron chi connectivity index (χ1n) is 8.68. The molecule has 0 bridgehead atoms. The van der Waals surface area contributed by atoms with Crippen LogP contribution in [0.4, 0.5) is 10.5 Å². The van der Waals surface area contributed by atoms with Gasteiger partial charge >= 0.3 is 6.09 Å². The fraction of sp³-hybridized carbons (Fsp3) is 0.421. The van der Waals surface area contributed by atoms with Gasteiger partial charge in [0.1, 0.15) is 5.82 Å². The molecule has 0 saturated heterocycles. The predicted molar refractivity (Wildman–Crippen MR) is 101 cm³/mol. The number of aryl methyl sites for hydroxylation is 1. The van der Waals surface area contributed by atoms with E-state index >= 15 is 0 Å². The first-order valence-corrected chi connectivity index (χ1v) is 8.68. The average molecular weight is 358 g/mol. The Morgan fingerprint density at radius 1 is 1.38 bits per heavy atom. The summed E-state index contributed by atoms with van der Waals surface area (Å²) >= 11 is 0. The Balaban J connectivity index is 0.000000298. The fourth-order valence-electron chi connectivity index (χ4n) is 3.03. The van der Waals surface area contributed by atoms with Crippen molar-refractivity contribution in [2.24, 2.45) is 5.73 Å². The lowest BCUT2D eigenvalue weighted by Gasteiger charge is -2.34. The molecule has 3 rings (SSSR count). The van der Waals surface area contributed by atoms with Crippen molar-refractivity contribution < 1.29 is 14.3 Å². The number of carbonyl (C=O) groups excluding carboxylic acids is 2. The van der Waals surface area contributed by atoms with Gasteiger partial charge in [-0.1, -0.05) is 0 Å². The molecule has 2 aromatic rings. The van der Waals surface area contributed by atoms with E-state index < -0.39 is 6.09 Å². The summed E-state index contributed by atoms with van der Waals surface area (Å²) < 4.78 is 4.39. The van der Waals surface area contributed by atoms with Crippen LogP contribution in [0.25, 0.3) is 11.4 Å². The molecule has 2 amide bonds. The average Bonchev–Trinajstić information content (AvgIpc) is 3.07. The van der Waals surface area contributed by atoms with Crippen LogP contribution in [0.1, 0.15) is 39.7 Å². The molecule has 140 valence electrons. The summed E-state index contributed by atoms with van der Waals surface area (Å²) in [6.45, 7) is 7.21. The summed E-state index contributed by atoms with van der Waals surface area (Å²) in [5.74, 6) is 0.981. The minimum Gasteiger partial charge on any atom is -0.447 e. The molecule has 0 radical (unpaired) electrons. The zero-order valence-corrected chi connectivity index (χ0v) is 15.7. The molecular formula is C19H26N4O3. The van der Waals surface area contributed by atoms with Crippen molar-refractivity contribution in [2.45, 2.75) is 52.7 Å². The second kappa shape index (κ2) is 8.51. The number of nitrogens with one attached hydrogen (secondary N) is 1. The number of ether oxygens (including phenoxy) is 1. The van der Waals surface area contributed by atoms with Crippen molar-refractivity contribution in [3.8, 4) is 11.4 Å². The minimum absolute atomic E-state index is 0.0995. The molecular weight excluding hydrogens is 332 g/mol. The van der Waals surface area contributed by atoms with Crippen LogP contribution in [0.2, 0.25) is 0 Å². The Morgan fingerprint density at radius 2 is 2.12 bits per heavy atom. The summed E-state index contributed by atoms with van der Waals surface area (Å²) in [6, 6.07) is 6.46. The third-order valence-corrected chi connectivity index (χ3v) is 4.07. The number of H-pyrrole nitrogens is 1. The Labute approximate surface area is 153 Å². The number of rotatable bonds is 2. The van der Waals surface area contributed by atoms with Crippen molar-refractivity contribution >= 4 is 17.7 Å². The number of nitrogens with two attached hydrogens (primary N) is 1. The van der Waals surface area contributed by atoms with E-state index in [2.05, 4.69) is 33.4 Å². The number of fused-ring (bicyclic) bond motifs is 1. The second-order valence-electron chi connectivity index (χ2n) is 6.54. The number of aromatic amines is 1. The van der Waals surface area contributed by atoms with Gasteiger partial charge < -0.3 is 20.4 Å². The fourth-order valence-corrected chi connectivity index (χ4v) is 3.03. The van der Waals surface area contributed by atoms with Crippen molar-refractivity contribution in [3.05, 3.63) is 36.2 Å². The molecule has 7 nitrogen and oxygen atoms in total. The van der Waals surface area contributed by atoms with Crippen LogP contribution in [-0.4, -0.2) is 34.1 Å². The maximum atomic E-state index is 11.8. The van der Waals surface area contributed by atoms with Crippen LogP contribution in [0, 0.1) is 0 Å².